The van der Waals surface area contributed by atoms with E-state index in [4.69, 9.17) is 10.5 Å². The number of benzene rings is 1. The SMILES string of the molecule is COC(=O)CC(CN)c1ccc(OC)cc1F. The van der Waals surface area contributed by atoms with Crippen molar-refractivity contribution in [1.82, 2.24) is 0 Å². The molecular formula is C12H16FNO3. The van der Waals surface area contributed by atoms with E-state index in [2.05, 4.69) is 4.74 Å². The number of carbonyl (C=O) groups excluding carboxylic acids is 1. The Morgan fingerprint density at radius 3 is 2.65 bits per heavy atom. The van der Waals surface area contributed by atoms with Gasteiger partial charge in [0.15, 0.2) is 0 Å². The molecule has 0 radical (unpaired) electrons. The lowest BCUT2D eigenvalue weighted by molar-refractivity contribution is -0.141. The smallest absolute Gasteiger partial charge is 0.306 e. The van der Waals surface area contributed by atoms with E-state index in [9.17, 15) is 9.18 Å². The number of methoxy groups -OCH3 is 2. The Morgan fingerprint density at radius 2 is 2.18 bits per heavy atom. The summed E-state index contributed by atoms with van der Waals surface area (Å²) in [6.07, 6.45) is 0.0657. The van der Waals surface area contributed by atoms with Crippen molar-refractivity contribution in [2.75, 3.05) is 20.8 Å². The minimum atomic E-state index is -0.427. The van der Waals surface area contributed by atoms with Gasteiger partial charge in [0.05, 0.1) is 20.6 Å². The fourth-order valence-electron chi connectivity index (χ4n) is 1.57. The van der Waals surface area contributed by atoms with Crippen LogP contribution >= 0.6 is 0 Å². The van der Waals surface area contributed by atoms with Gasteiger partial charge < -0.3 is 15.2 Å². The molecule has 1 unspecified atom stereocenters. The molecule has 0 bridgehead atoms. The van der Waals surface area contributed by atoms with Crippen molar-refractivity contribution < 1.29 is 18.7 Å². The maximum Gasteiger partial charge on any atom is 0.306 e. The fraction of sp³-hybridized carbons (Fsp3) is 0.417. The number of rotatable bonds is 5. The van der Waals surface area contributed by atoms with Gasteiger partial charge in [-0.2, -0.15) is 0 Å². The molecule has 1 rings (SSSR count). The largest absolute Gasteiger partial charge is 0.497 e. The minimum absolute atomic E-state index is 0.0657. The summed E-state index contributed by atoms with van der Waals surface area (Å²) in [6.45, 7) is 0.179. The zero-order chi connectivity index (χ0) is 12.8. The molecule has 1 aromatic carbocycles. The topological polar surface area (TPSA) is 61.5 Å². The van der Waals surface area contributed by atoms with Crippen LogP contribution in [0.15, 0.2) is 18.2 Å². The van der Waals surface area contributed by atoms with Crippen LogP contribution in [0, 0.1) is 5.82 Å². The summed E-state index contributed by atoms with van der Waals surface area (Å²) >= 11 is 0. The lowest BCUT2D eigenvalue weighted by atomic mass is 9.95. The van der Waals surface area contributed by atoms with E-state index in [0.29, 0.717) is 11.3 Å². The van der Waals surface area contributed by atoms with Gasteiger partial charge in [0.1, 0.15) is 11.6 Å². The van der Waals surface area contributed by atoms with E-state index in [1.165, 1.54) is 20.3 Å². The molecule has 0 aliphatic carbocycles. The maximum absolute atomic E-state index is 13.7. The van der Waals surface area contributed by atoms with Crippen LogP contribution in [0.5, 0.6) is 5.75 Å². The number of ether oxygens (including phenoxy) is 2. The van der Waals surface area contributed by atoms with E-state index in [1.807, 2.05) is 0 Å². The number of esters is 1. The van der Waals surface area contributed by atoms with Crippen molar-refractivity contribution in [2.45, 2.75) is 12.3 Å². The number of hydrogen-bond acceptors (Lipinski definition) is 4. The Hall–Kier alpha value is -1.62. The molecule has 0 amide bonds. The van der Waals surface area contributed by atoms with E-state index in [1.54, 1.807) is 12.1 Å². The molecular weight excluding hydrogens is 225 g/mol. The van der Waals surface area contributed by atoms with Crippen LogP contribution in [0.3, 0.4) is 0 Å². The highest BCUT2D eigenvalue weighted by atomic mass is 19.1. The van der Waals surface area contributed by atoms with Crippen molar-refractivity contribution in [3.05, 3.63) is 29.6 Å². The monoisotopic (exact) mass is 241 g/mol. The van der Waals surface area contributed by atoms with E-state index >= 15 is 0 Å². The predicted octanol–water partition coefficient (Wildman–Crippen LogP) is 1.44. The van der Waals surface area contributed by atoms with Gasteiger partial charge in [-0.15, -0.1) is 0 Å². The summed E-state index contributed by atoms with van der Waals surface area (Å²) < 4.78 is 23.2. The van der Waals surface area contributed by atoms with Crippen molar-refractivity contribution in [1.29, 1.82) is 0 Å². The van der Waals surface area contributed by atoms with Gasteiger partial charge >= 0.3 is 5.97 Å². The van der Waals surface area contributed by atoms with E-state index < -0.39 is 11.8 Å². The lowest BCUT2D eigenvalue weighted by Gasteiger charge is -2.15. The Labute approximate surface area is 99.5 Å². The molecule has 0 heterocycles. The molecule has 1 atom stereocenters. The van der Waals surface area contributed by atoms with Gasteiger partial charge in [-0.1, -0.05) is 6.07 Å². The summed E-state index contributed by atoms with van der Waals surface area (Å²) in [7, 11) is 2.75. The first-order valence-corrected chi connectivity index (χ1v) is 5.22. The lowest BCUT2D eigenvalue weighted by Crippen LogP contribution is -2.18. The van der Waals surface area contributed by atoms with Gasteiger partial charge in [0.25, 0.3) is 0 Å². The number of carbonyl (C=O) groups is 1. The molecule has 17 heavy (non-hydrogen) atoms. The third kappa shape index (κ3) is 3.42. The van der Waals surface area contributed by atoms with Crippen molar-refractivity contribution >= 4 is 5.97 Å². The minimum Gasteiger partial charge on any atom is -0.497 e. The van der Waals surface area contributed by atoms with Gasteiger partial charge in [-0.25, -0.2) is 4.39 Å². The number of nitrogens with two attached hydrogens (primary N) is 1. The molecule has 0 saturated carbocycles. The first-order valence-electron chi connectivity index (χ1n) is 5.22. The quantitative estimate of drug-likeness (QED) is 0.792. The molecule has 0 aliphatic heterocycles. The second kappa shape index (κ2) is 6.20. The standard InChI is InChI=1S/C12H16FNO3/c1-16-9-3-4-10(11(13)6-9)8(7-14)5-12(15)17-2/h3-4,6,8H,5,7,14H2,1-2H3. The second-order valence-corrected chi connectivity index (χ2v) is 3.60. The summed E-state index contributed by atoms with van der Waals surface area (Å²) in [6, 6.07) is 4.49. The Kier molecular flexibility index (Phi) is 4.90. The average molecular weight is 241 g/mol. The second-order valence-electron chi connectivity index (χ2n) is 3.60. The summed E-state index contributed by atoms with van der Waals surface area (Å²) in [5.74, 6) is -0.784. The van der Waals surface area contributed by atoms with E-state index in [-0.39, 0.29) is 18.9 Å². The van der Waals surface area contributed by atoms with Crippen LogP contribution in [0.2, 0.25) is 0 Å². The predicted molar refractivity (Wildman–Crippen MR) is 61.4 cm³/mol. The van der Waals surface area contributed by atoms with Crippen LogP contribution in [0.25, 0.3) is 0 Å². The molecule has 5 heteroatoms. The highest BCUT2D eigenvalue weighted by Gasteiger charge is 2.18. The molecule has 0 spiro atoms. The van der Waals surface area contributed by atoms with Crippen LogP contribution in [0.4, 0.5) is 4.39 Å². The Balaban J connectivity index is 2.92. The molecule has 1 aromatic rings. The third-order valence-electron chi connectivity index (χ3n) is 2.57. The van der Waals surface area contributed by atoms with Crippen molar-refractivity contribution in [3.8, 4) is 5.75 Å². The van der Waals surface area contributed by atoms with Gasteiger partial charge in [0.2, 0.25) is 0 Å². The number of hydrogen-bond donors (Lipinski definition) is 1. The first kappa shape index (κ1) is 13.4. The average Bonchev–Trinajstić information content (AvgIpc) is 2.35. The first-order chi connectivity index (χ1) is 8.12. The maximum atomic E-state index is 13.7. The fourth-order valence-corrected chi connectivity index (χ4v) is 1.57. The molecule has 0 saturated heterocycles. The van der Waals surface area contributed by atoms with E-state index in [0.717, 1.165) is 0 Å². The molecule has 2 N–H and O–H groups in total. The third-order valence-corrected chi connectivity index (χ3v) is 2.57. The summed E-state index contributed by atoms with van der Waals surface area (Å²) in [5.41, 5.74) is 5.94. The zero-order valence-corrected chi connectivity index (χ0v) is 9.90. The van der Waals surface area contributed by atoms with Crippen LogP contribution in [0.1, 0.15) is 17.9 Å². The summed E-state index contributed by atoms with van der Waals surface area (Å²) in [5, 5.41) is 0. The highest BCUT2D eigenvalue weighted by Crippen LogP contribution is 2.25. The molecule has 4 nitrogen and oxygen atoms in total. The number of halogens is 1. The van der Waals surface area contributed by atoms with Gasteiger partial charge in [-0.05, 0) is 18.2 Å². The van der Waals surface area contributed by atoms with Crippen LogP contribution in [-0.2, 0) is 9.53 Å². The van der Waals surface area contributed by atoms with Crippen molar-refractivity contribution in [2.24, 2.45) is 5.73 Å². The van der Waals surface area contributed by atoms with Gasteiger partial charge in [0, 0.05) is 12.0 Å². The molecule has 0 fully saturated rings. The van der Waals surface area contributed by atoms with Crippen molar-refractivity contribution in [3.63, 3.8) is 0 Å². The molecule has 0 aromatic heterocycles. The zero-order valence-electron chi connectivity index (χ0n) is 9.90. The molecule has 94 valence electrons. The molecule has 0 aliphatic rings. The van der Waals surface area contributed by atoms with Crippen LogP contribution < -0.4 is 10.5 Å². The van der Waals surface area contributed by atoms with Gasteiger partial charge in [-0.3, -0.25) is 4.79 Å². The van der Waals surface area contributed by atoms with Crippen LogP contribution in [-0.4, -0.2) is 26.7 Å². The summed E-state index contributed by atoms with van der Waals surface area (Å²) in [4.78, 5) is 11.2. The highest BCUT2D eigenvalue weighted by molar-refractivity contribution is 5.70. The Morgan fingerprint density at radius 1 is 1.47 bits per heavy atom. The normalized spacial score (nSPS) is 12.0. The Bertz CT molecular complexity index is 395.